The Bertz CT molecular complexity index is 1060. The molecule has 0 aliphatic carbocycles. The molecule has 16 heteroatoms. The molecule has 2 aromatic heterocycles. The second kappa shape index (κ2) is 17.5. The van der Waals surface area contributed by atoms with Gasteiger partial charge in [-0.15, -0.1) is 6.61 Å². The third kappa shape index (κ3) is 12.1. The van der Waals surface area contributed by atoms with Crippen molar-refractivity contribution >= 4 is 44.7 Å². The van der Waals surface area contributed by atoms with Gasteiger partial charge in [-0.3, -0.25) is 0 Å². The van der Waals surface area contributed by atoms with Crippen LogP contribution in [0.25, 0.3) is 0 Å². The Balaban J connectivity index is 0.000000327. The SMILES string of the molecule is CCOc1nc(Cl)cc(N2CCOCC2)n1.CC[O-].CS(=O)(=O)c1nc(Cl)cc(N2CCOCC2)n1.[Na+]. The molecule has 2 aliphatic heterocycles. The van der Waals surface area contributed by atoms with E-state index in [0.29, 0.717) is 63.1 Å². The van der Waals surface area contributed by atoms with Gasteiger partial charge < -0.3 is 29.1 Å². The minimum absolute atomic E-state index is 0. The van der Waals surface area contributed by atoms with Crippen LogP contribution in [0.5, 0.6) is 6.01 Å². The molecular formula is C21H31Cl2N6NaO6S. The van der Waals surface area contributed by atoms with Crippen LogP contribution >= 0.6 is 23.2 Å². The number of morpholine rings is 2. The zero-order valence-corrected chi connectivity index (χ0v) is 25.9. The summed E-state index contributed by atoms with van der Waals surface area (Å²) in [5.41, 5.74) is 0. The van der Waals surface area contributed by atoms with Gasteiger partial charge in [0, 0.05) is 44.6 Å². The zero-order valence-electron chi connectivity index (χ0n) is 21.5. The predicted octanol–water partition coefficient (Wildman–Crippen LogP) is -1.89. The van der Waals surface area contributed by atoms with Gasteiger partial charge in [0.05, 0.1) is 33.0 Å². The maximum absolute atomic E-state index is 11.4. The summed E-state index contributed by atoms with van der Waals surface area (Å²) in [5.74, 6) is 1.32. The second-order valence-corrected chi connectivity index (χ2v) is 10.0. The van der Waals surface area contributed by atoms with E-state index in [0.717, 1.165) is 25.2 Å². The van der Waals surface area contributed by atoms with Crippen LogP contribution in [0, 0.1) is 0 Å². The molecule has 0 radical (unpaired) electrons. The van der Waals surface area contributed by atoms with E-state index in [-0.39, 0.29) is 46.5 Å². The first kappa shape index (κ1) is 34.0. The zero-order chi connectivity index (χ0) is 26.6. The van der Waals surface area contributed by atoms with Crippen molar-refractivity contribution < 1.29 is 57.3 Å². The van der Waals surface area contributed by atoms with E-state index in [1.807, 2.05) is 11.8 Å². The Hall–Kier alpha value is -1.03. The van der Waals surface area contributed by atoms with Crippen LogP contribution < -0.4 is 49.2 Å². The van der Waals surface area contributed by atoms with E-state index >= 15 is 0 Å². The van der Waals surface area contributed by atoms with Gasteiger partial charge in [-0.2, -0.15) is 9.97 Å². The summed E-state index contributed by atoms with van der Waals surface area (Å²) in [6.07, 6.45) is 1.06. The van der Waals surface area contributed by atoms with Crippen molar-refractivity contribution in [2.75, 3.05) is 81.9 Å². The van der Waals surface area contributed by atoms with Gasteiger partial charge in [-0.05, 0) is 6.92 Å². The van der Waals surface area contributed by atoms with Crippen molar-refractivity contribution in [1.29, 1.82) is 0 Å². The van der Waals surface area contributed by atoms with E-state index in [2.05, 4.69) is 24.8 Å². The molecule has 0 unspecified atom stereocenters. The fourth-order valence-electron chi connectivity index (χ4n) is 3.04. The molecule has 0 amide bonds. The molecule has 4 rings (SSSR count). The molecule has 0 atom stereocenters. The molecule has 2 aromatic rings. The summed E-state index contributed by atoms with van der Waals surface area (Å²) in [5, 5.41) is 9.22. The smallest absolute Gasteiger partial charge is 0.855 e. The number of halogens is 2. The summed E-state index contributed by atoms with van der Waals surface area (Å²) in [6, 6.07) is 3.63. The van der Waals surface area contributed by atoms with E-state index in [9.17, 15) is 8.42 Å². The van der Waals surface area contributed by atoms with Crippen LogP contribution in [0.1, 0.15) is 13.8 Å². The molecule has 0 spiro atoms. The molecule has 0 N–H and O–H groups in total. The average Bonchev–Trinajstić information content (AvgIpc) is 2.85. The maximum Gasteiger partial charge on any atom is 1.00 e. The number of ether oxygens (including phenoxy) is 3. The number of aromatic nitrogens is 4. The van der Waals surface area contributed by atoms with Gasteiger partial charge >= 0.3 is 35.6 Å². The Morgan fingerprint density at radius 1 is 0.892 bits per heavy atom. The molecule has 2 fully saturated rings. The van der Waals surface area contributed by atoms with Crippen LogP contribution in [-0.2, 0) is 19.3 Å². The molecule has 4 heterocycles. The third-order valence-corrected chi connectivity index (χ3v) is 5.83. The quantitative estimate of drug-likeness (QED) is 0.219. The van der Waals surface area contributed by atoms with Crippen molar-refractivity contribution in [3.63, 3.8) is 0 Å². The molecule has 202 valence electrons. The normalized spacial score (nSPS) is 15.4. The van der Waals surface area contributed by atoms with Gasteiger partial charge in [0.1, 0.15) is 21.9 Å². The molecule has 2 aliphatic rings. The minimum atomic E-state index is -3.45. The van der Waals surface area contributed by atoms with E-state index in [1.54, 1.807) is 19.1 Å². The Kier molecular flexibility index (Phi) is 16.1. The monoisotopic (exact) mass is 588 g/mol. The number of rotatable bonds is 5. The van der Waals surface area contributed by atoms with Crippen LogP contribution in [-0.4, -0.2) is 100 Å². The summed E-state index contributed by atoms with van der Waals surface area (Å²) >= 11 is 11.7. The van der Waals surface area contributed by atoms with Crippen molar-refractivity contribution in [2.24, 2.45) is 0 Å². The minimum Gasteiger partial charge on any atom is -0.855 e. The Morgan fingerprint density at radius 3 is 1.76 bits per heavy atom. The number of sulfone groups is 1. The summed E-state index contributed by atoms with van der Waals surface area (Å²) in [7, 11) is -3.45. The molecule has 0 bridgehead atoms. The maximum atomic E-state index is 11.4. The summed E-state index contributed by atoms with van der Waals surface area (Å²) < 4.78 is 38.5. The molecular weight excluding hydrogens is 558 g/mol. The first-order valence-corrected chi connectivity index (χ1v) is 14.0. The van der Waals surface area contributed by atoms with Crippen molar-refractivity contribution in [3.05, 3.63) is 22.4 Å². The van der Waals surface area contributed by atoms with Gasteiger partial charge in [0.15, 0.2) is 0 Å². The molecule has 0 saturated carbocycles. The number of hydrogen-bond donors (Lipinski definition) is 0. The molecule has 37 heavy (non-hydrogen) atoms. The van der Waals surface area contributed by atoms with Crippen LogP contribution in [0.3, 0.4) is 0 Å². The number of anilines is 2. The number of hydrogen-bond acceptors (Lipinski definition) is 12. The van der Waals surface area contributed by atoms with E-state index < -0.39 is 9.84 Å². The standard InChI is InChI=1S/C10H14ClN3O2.C9H12ClN3O3S.C2H5O.Na/c1-2-16-10-12-8(11)7-9(13-10)14-3-5-15-6-4-14;1-17(14,15)9-11-7(10)6-8(12-9)13-2-4-16-5-3-13;1-2-3;/h7H,2-6H2,1H3;6H,2-5H2,1H3;2H2,1H3;/q;;-1;+1. The van der Waals surface area contributed by atoms with Gasteiger partial charge in [-0.1, -0.05) is 30.1 Å². The fourth-order valence-corrected chi connectivity index (χ4v) is 3.96. The summed E-state index contributed by atoms with van der Waals surface area (Å²) in [4.78, 5) is 20.0. The fraction of sp³-hybridized carbons (Fsp3) is 0.619. The second-order valence-electron chi connectivity index (χ2n) is 7.36. The van der Waals surface area contributed by atoms with Crippen LogP contribution in [0.2, 0.25) is 10.3 Å². The molecule has 0 aromatic carbocycles. The topological polar surface area (TPSA) is 143 Å². The van der Waals surface area contributed by atoms with Gasteiger partial charge in [-0.25, -0.2) is 18.4 Å². The third-order valence-electron chi connectivity index (χ3n) is 4.60. The Morgan fingerprint density at radius 2 is 1.32 bits per heavy atom. The van der Waals surface area contributed by atoms with Gasteiger partial charge in [0.2, 0.25) is 15.0 Å². The van der Waals surface area contributed by atoms with Gasteiger partial charge in [0.25, 0.3) is 0 Å². The average molecular weight is 589 g/mol. The molecule has 12 nitrogen and oxygen atoms in total. The predicted molar refractivity (Wildman–Crippen MR) is 135 cm³/mol. The first-order chi connectivity index (χ1) is 17.2. The Labute approximate surface area is 249 Å². The van der Waals surface area contributed by atoms with E-state index in [1.165, 1.54) is 0 Å². The molecule has 2 saturated heterocycles. The first-order valence-electron chi connectivity index (χ1n) is 11.3. The largest absolute Gasteiger partial charge is 1.00 e. The van der Waals surface area contributed by atoms with Crippen LogP contribution in [0.4, 0.5) is 11.6 Å². The van der Waals surface area contributed by atoms with Crippen molar-refractivity contribution in [3.8, 4) is 6.01 Å². The van der Waals surface area contributed by atoms with Crippen LogP contribution in [0.15, 0.2) is 17.3 Å². The number of nitrogens with zero attached hydrogens (tertiary/aromatic N) is 6. The van der Waals surface area contributed by atoms with Crippen molar-refractivity contribution in [2.45, 2.75) is 19.0 Å². The summed E-state index contributed by atoms with van der Waals surface area (Å²) in [6.45, 7) is 9.56. The van der Waals surface area contributed by atoms with E-state index in [4.69, 9.17) is 42.5 Å². The van der Waals surface area contributed by atoms with Crippen molar-refractivity contribution in [1.82, 2.24) is 19.9 Å².